The average molecular weight is 306 g/mol. The van der Waals surface area contributed by atoms with E-state index in [0.29, 0.717) is 11.5 Å². The molecule has 0 aliphatic heterocycles. The second kappa shape index (κ2) is 6.12. The van der Waals surface area contributed by atoms with Crippen LogP contribution in [0.1, 0.15) is 36.3 Å². The third kappa shape index (κ3) is 2.94. The Bertz CT molecular complexity index is 641. The second-order valence-electron chi connectivity index (χ2n) is 5.39. The molecule has 1 aliphatic rings. The Labute approximate surface area is 127 Å². The van der Waals surface area contributed by atoms with Gasteiger partial charge in [0.1, 0.15) is 16.6 Å². The van der Waals surface area contributed by atoms with Crippen LogP contribution in [0.5, 0.6) is 5.75 Å². The smallest absolute Gasteiger partial charge is 0.137 e. The third-order valence-corrected chi connectivity index (χ3v) is 5.06. The lowest BCUT2D eigenvalue weighted by Gasteiger charge is -2.21. The maximum absolute atomic E-state index is 14.0. The van der Waals surface area contributed by atoms with Crippen LogP contribution in [0, 0.1) is 5.82 Å². The highest BCUT2D eigenvalue weighted by atomic mass is 32.1. The van der Waals surface area contributed by atoms with E-state index < -0.39 is 5.82 Å². The summed E-state index contributed by atoms with van der Waals surface area (Å²) in [6.07, 6.45) is 3.35. The standard InChI is InChI=1S/C16H19FN2OS/c1-2-18-9-10-4-3-5-14-15(10)19-16(21-14)12-7-6-11(20)8-13(12)17/h6-8,10,18,20H,2-5,9H2,1H3. The number of aromatic hydroxyl groups is 1. The second-order valence-corrected chi connectivity index (χ2v) is 6.47. The van der Waals surface area contributed by atoms with Crippen LogP contribution in [0.2, 0.25) is 0 Å². The van der Waals surface area contributed by atoms with Gasteiger partial charge in [0.25, 0.3) is 0 Å². The number of halogens is 1. The van der Waals surface area contributed by atoms with Crippen LogP contribution in [-0.4, -0.2) is 23.2 Å². The number of nitrogens with one attached hydrogen (secondary N) is 1. The van der Waals surface area contributed by atoms with E-state index in [0.717, 1.165) is 42.7 Å². The number of fused-ring (bicyclic) bond motifs is 1. The lowest BCUT2D eigenvalue weighted by molar-refractivity contribution is 0.469. The number of benzene rings is 1. The van der Waals surface area contributed by atoms with Crippen molar-refractivity contribution < 1.29 is 9.50 Å². The lowest BCUT2D eigenvalue weighted by atomic mass is 9.91. The van der Waals surface area contributed by atoms with Crippen molar-refractivity contribution in [1.82, 2.24) is 10.3 Å². The summed E-state index contributed by atoms with van der Waals surface area (Å²) in [6, 6.07) is 4.26. The first-order valence-corrected chi connectivity index (χ1v) is 8.20. The molecule has 21 heavy (non-hydrogen) atoms. The van der Waals surface area contributed by atoms with Gasteiger partial charge < -0.3 is 10.4 Å². The summed E-state index contributed by atoms with van der Waals surface area (Å²) >= 11 is 1.59. The molecule has 0 amide bonds. The van der Waals surface area contributed by atoms with E-state index in [1.807, 2.05) is 0 Å². The van der Waals surface area contributed by atoms with Gasteiger partial charge in [-0.05, 0) is 37.9 Å². The van der Waals surface area contributed by atoms with Gasteiger partial charge in [-0.15, -0.1) is 11.3 Å². The van der Waals surface area contributed by atoms with Crippen LogP contribution in [0.15, 0.2) is 18.2 Å². The van der Waals surface area contributed by atoms with Crippen LogP contribution in [0.25, 0.3) is 10.6 Å². The van der Waals surface area contributed by atoms with Crippen molar-refractivity contribution in [3.8, 4) is 16.3 Å². The number of hydrogen-bond donors (Lipinski definition) is 2. The minimum absolute atomic E-state index is 0.0532. The quantitative estimate of drug-likeness (QED) is 0.905. The number of thiazole rings is 1. The lowest BCUT2D eigenvalue weighted by Crippen LogP contribution is -2.23. The number of aromatic nitrogens is 1. The van der Waals surface area contributed by atoms with E-state index in [4.69, 9.17) is 4.98 Å². The molecule has 1 aromatic carbocycles. The Morgan fingerprint density at radius 1 is 1.48 bits per heavy atom. The molecule has 0 spiro atoms. The molecule has 112 valence electrons. The molecule has 5 heteroatoms. The largest absolute Gasteiger partial charge is 0.508 e. The highest BCUT2D eigenvalue weighted by Gasteiger charge is 2.25. The molecule has 1 aromatic heterocycles. The molecule has 3 rings (SSSR count). The first-order valence-electron chi connectivity index (χ1n) is 7.38. The van der Waals surface area contributed by atoms with E-state index in [1.54, 1.807) is 17.4 Å². The zero-order valence-electron chi connectivity index (χ0n) is 12.0. The molecule has 2 aromatic rings. The molecular weight excluding hydrogens is 287 g/mol. The van der Waals surface area contributed by atoms with Gasteiger partial charge in [0.05, 0.1) is 5.69 Å². The SMILES string of the molecule is CCNCC1CCCc2sc(-c3ccc(O)cc3F)nc21. The predicted molar refractivity (Wildman–Crippen MR) is 83.4 cm³/mol. The molecular formula is C16H19FN2OS. The van der Waals surface area contributed by atoms with E-state index in [-0.39, 0.29) is 5.75 Å². The summed E-state index contributed by atoms with van der Waals surface area (Å²) in [5, 5.41) is 13.4. The van der Waals surface area contributed by atoms with E-state index in [1.165, 1.54) is 17.4 Å². The zero-order chi connectivity index (χ0) is 14.8. The van der Waals surface area contributed by atoms with Crippen LogP contribution < -0.4 is 5.32 Å². The Kier molecular flexibility index (Phi) is 4.22. The normalized spacial score (nSPS) is 17.7. The molecule has 0 radical (unpaired) electrons. The summed E-state index contributed by atoms with van der Waals surface area (Å²) in [7, 11) is 0. The first-order chi connectivity index (χ1) is 10.2. The van der Waals surface area contributed by atoms with Crippen molar-refractivity contribution in [3.05, 3.63) is 34.6 Å². The van der Waals surface area contributed by atoms with Gasteiger partial charge in [-0.2, -0.15) is 0 Å². The molecule has 3 nitrogen and oxygen atoms in total. The average Bonchev–Trinajstić information content (AvgIpc) is 2.89. The summed E-state index contributed by atoms with van der Waals surface area (Å²) < 4.78 is 14.0. The molecule has 0 saturated heterocycles. The molecule has 1 unspecified atom stereocenters. The number of nitrogens with zero attached hydrogens (tertiary/aromatic N) is 1. The van der Waals surface area contributed by atoms with Crippen molar-refractivity contribution in [2.75, 3.05) is 13.1 Å². The van der Waals surface area contributed by atoms with Crippen LogP contribution >= 0.6 is 11.3 Å². The number of likely N-dealkylation sites (N-methyl/N-ethyl adjacent to an activating group) is 1. The minimum Gasteiger partial charge on any atom is -0.508 e. The molecule has 0 fully saturated rings. The Morgan fingerprint density at radius 3 is 3.10 bits per heavy atom. The fourth-order valence-electron chi connectivity index (χ4n) is 2.82. The van der Waals surface area contributed by atoms with E-state index in [2.05, 4.69) is 12.2 Å². The van der Waals surface area contributed by atoms with Crippen molar-refractivity contribution >= 4 is 11.3 Å². The van der Waals surface area contributed by atoms with E-state index in [9.17, 15) is 9.50 Å². The summed E-state index contributed by atoms with van der Waals surface area (Å²) in [5.74, 6) is -0.0363. The summed E-state index contributed by atoms with van der Waals surface area (Å²) in [4.78, 5) is 5.99. The minimum atomic E-state index is -0.413. The molecule has 1 heterocycles. The van der Waals surface area contributed by atoms with Crippen molar-refractivity contribution in [3.63, 3.8) is 0 Å². The fourth-order valence-corrected chi connectivity index (χ4v) is 4.03. The highest BCUT2D eigenvalue weighted by molar-refractivity contribution is 7.15. The maximum Gasteiger partial charge on any atom is 0.137 e. The summed E-state index contributed by atoms with van der Waals surface area (Å²) in [5.41, 5.74) is 1.61. The fraction of sp³-hybridized carbons (Fsp3) is 0.438. The Hall–Kier alpha value is -1.46. The number of phenols is 1. The number of phenolic OH excluding ortho intramolecular Hbond substituents is 1. The third-order valence-electron chi connectivity index (χ3n) is 3.89. The molecule has 0 bridgehead atoms. The molecule has 0 saturated carbocycles. The predicted octanol–water partition coefficient (Wildman–Crippen LogP) is 3.68. The van der Waals surface area contributed by atoms with Crippen LogP contribution in [0.4, 0.5) is 4.39 Å². The topological polar surface area (TPSA) is 45.1 Å². The van der Waals surface area contributed by atoms with E-state index >= 15 is 0 Å². The summed E-state index contributed by atoms with van der Waals surface area (Å²) in [6.45, 7) is 3.99. The van der Waals surface area contributed by atoms with Crippen LogP contribution in [0.3, 0.4) is 0 Å². The van der Waals surface area contributed by atoms with Crippen LogP contribution in [-0.2, 0) is 6.42 Å². The van der Waals surface area contributed by atoms with Crippen molar-refractivity contribution in [1.29, 1.82) is 0 Å². The van der Waals surface area contributed by atoms with Gasteiger partial charge in [-0.3, -0.25) is 0 Å². The highest BCUT2D eigenvalue weighted by Crippen LogP contribution is 2.39. The van der Waals surface area contributed by atoms with Gasteiger partial charge >= 0.3 is 0 Å². The number of aryl methyl sites for hydroxylation is 1. The van der Waals surface area contributed by atoms with Gasteiger partial charge in [0, 0.05) is 29.0 Å². The monoisotopic (exact) mass is 306 g/mol. The Balaban J connectivity index is 1.94. The Morgan fingerprint density at radius 2 is 2.33 bits per heavy atom. The van der Waals surface area contributed by atoms with Gasteiger partial charge in [0.15, 0.2) is 0 Å². The van der Waals surface area contributed by atoms with Gasteiger partial charge in [-0.25, -0.2) is 9.37 Å². The number of rotatable bonds is 4. The maximum atomic E-state index is 14.0. The molecule has 2 N–H and O–H groups in total. The first kappa shape index (κ1) is 14.5. The van der Waals surface area contributed by atoms with Gasteiger partial charge in [0.2, 0.25) is 0 Å². The molecule has 1 atom stereocenters. The van der Waals surface area contributed by atoms with Crippen molar-refractivity contribution in [2.45, 2.75) is 32.1 Å². The van der Waals surface area contributed by atoms with Gasteiger partial charge in [-0.1, -0.05) is 6.92 Å². The molecule has 1 aliphatic carbocycles. The zero-order valence-corrected chi connectivity index (χ0v) is 12.8. The number of hydrogen-bond acceptors (Lipinski definition) is 4. The van der Waals surface area contributed by atoms with Crippen molar-refractivity contribution in [2.24, 2.45) is 0 Å².